The number of nitrogens with zero attached hydrogens (tertiary/aromatic N) is 1. The zero-order chi connectivity index (χ0) is 13.4. The minimum absolute atomic E-state index is 0.983. The van der Waals surface area contributed by atoms with Crippen molar-refractivity contribution in [2.45, 2.75) is 0 Å². The molecule has 1 nitrogen and oxygen atoms in total. The second-order valence-electron chi connectivity index (χ2n) is 4.87. The highest BCUT2D eigenvalue weighted by Crippen LogP contribution is 2.29. The van der Waals surface area contributed by atoms with Crippen LogP contribution >= 0.6 is 0 Å². The Morgan fingerprint density at radius 3 is 2.40 bits per heavy atom. The van der Waals surface area contributed by atoms with E-state index in [1.807, 2.05) is 18.2 Å². The first kappa shape index (κ1) is 11.2. The number of hydrogen-bond donors (Lipinski definition) is 0. The van der Waals surface area contributed by atoms with Gasteiger partial charge in [0.1, 0.15) is 0 Å². The van der Waals surface area contributed by atoms with Gasteiger partial charge in [-0.05, 0) is 28.5 Å². The molecule has 0 aliphatic heterocycles. The van der Waals surface area contributed by atoms with Crippen molar-refractivity contribution in [1.82, 2.24) is 4.98 Å². The van der Waals surface area contributed by atoms with Gasteiger partial charge in [-0.2, -0.15) is 0 Å². The third kappa shape index (κ3) is 1.76. The van der Waals surface area contributed by atoms with Crippen molar-refractivity contribution in [2.24, 2.45) is 0 Å². The van der Waals surface area contributed by atoms with E-state index in [0.29, 0.717) is 0 Å². The largest absolute Gasteiger partial charge is 0.245 e. The Bertz CT molecular complexity index is 904. The van der Waals surface area contributed by atoms with Crippen LogP contribution in [0.15, 0.2) is 72.8 Å². The van der Waals surface area contributed by atoms with Gasteiger partial charge in [-0.3, -0.25) is 0 Å². The zero-order valence-electron chi connectivity index (χ0n) is 10.9. The van der Waals surface area contributed by atoms with Crippen LogP contribution in [0.5, 0.6) is 0 Å². The molecule has 4 aromatic rings. The van der Waals surface area contributed by atoms with Gasteiger partial charge >= 0.3 is 0 Å². The predicted molar refractivity (Wildman–Crippen MR) is 83.5 cm³/mol. The summed E-state index contributed by atoms with van der Waals surface area (Å²) >= 11 is 0. The van der Waals surface area contributed by atoms with Crippen molar-refractivity contribution < 1.29 is 0 Å². The molecule has 0 saturated heterocycles. The van der Waals surface area contributed by atoms with Gasteiger partial charge in [0, 0.05) is 10.9 Å². The molecule has 0 aliphatic rings. The molecule has 93 valence electrons. The van der Waals surface area contributed by atoms with Crippen molar-refractivity contribution in [3.8, 4) is 11.1 Å². The maximum absolute atomic E-state index is 4.44. The average molecular weight is 254 g/mol. The van der Waals surface area contributed by atoms with Crippen LogP contribution in [0.25, 0.3) is 32.8 Å². The smallest absolute Gasteiger partial charge is 0.0979 e. The van der Waals surface area contributed by atoms with E-state index in [1.54, 1.807) is 0 Å². The number of benzene rings is 3. The lowest BCUT2D eigenvalue weighted by Gasteiger charge is -2.07. The fourth-order valence-electron chi connectivity index (χ4n) is 2.62. The van der Waals surface area contributed by atoms with E-state index < -0.39 is 0 Å². The lowest BCUT2D eigenvalue weighted by atomic mass is 9.98. The highest BCUT2D eigenvalue weighted by Gasteiger charge is 2.05. The summed E-state index contributed by atoms with van der Waals surface area (Å²) in [6.45, 7) is 0. The van der Waals surface area contributed by atoms with Crippen LogP contribution in [0.2, 0.25) is 0 Å². The Labute approximate surface area is 117 Å². The Balaban J connectivity index is 2.01. The molecule has 0 spiro atoms. The van der Waals surface area contributed by atoms with Gasteiger partial charge < -0.3 is 0 Å². The Morgan fingerprint density at radius 1 is 0.700 bits per heavy atom. The minimum atomic E-state index is 0.983. The summed E-state index contributed by atoms with van der Waals surface area (Å²) in [5.74, 6) is 0. The first-order chi connectivity index (χ1) is 9.92. The van der Waals surface area contributed by atoms with E-state index in [-0.39, 0.29) is 0 Å². The molecule has 0 amide bonds. The first-order valence-corrected chi connectivity index (χ1v) is 6.67. The molecule has 0 aliphatic carbocycles. The highest BCUT2D eigenvalue weighted by atomic mass is 14.6. The van der Waals surface area contributed by atoms with Gasteiger partial charge in [0.15, 0.2) is 0 Å². The maximum Gasteiger partial charge on any atom is 0.0979 e. The van der Waals surface area contributed by atoms with E-state index in [4.69, 9.17) is 0 Å². The fourth-order valence-corrected chi connectivity index (χ4v) is 2.62. The van der Waals surface area contributed by atoms with Crippen LogP contribution in [0, 0.1) is 6.20 Å². The van der Waals surface area contributed by atoms with Crippen molar-refractivity contribution in [2.75, 3.05) is 0 Å². The summed E-state index contributed by atoms with van der Waals surface area (Å²) in [4.78, 5) is 4.44. The molecule has 1 radical (unpaired) electrons. The number of aromatic nitrogens is 1. The SMILES string of the molecule is [c]1nc2ccccc2cc1-c1cccc2ccccc12. The number of rotatable bonds is 1. The summed E-state index contributed by atoms with van der Waals surface area (Å²) in [5.41, 5.74) is 3.21. The van der Waals surface area contributed by atoms with Crippen molar-refractivity contribution in [3.63, 3.8) is 0 Å². The van der Waals surface area contributed by atoms with Crippen molar-refractivity contribution in [1.29, 1.82) is 0 Å². The lowest BCUT2D eigenvalue weighted by molar-refractivity contribution is 1.39. The molecule has 0 atom stereocenters. The Kier molecular flexibility index (Phi) is 2.49. The molecule has 4 rings (SSSR count). The van der Waals surface area contributed by atoms with Crippen LogP contribution in [0.3, 0.4) is 0 Å². The van der Waals surface area contributed by atoms with E-state index in [0.717, 1.165) is 16.5 Å². The van der Waals surface area contributed by atoms with E-state index in [1.165, 1.54) is 16.3 Å². The molecular weight excluding hydrogens is 242 g/mol. The third-order valence-electron chi connectivity index (χ3n) is 3.61. The topological polar surface area (TPSA) is 12.9 Å². The van der Waals surface area contributed by atoms with Gasteiger partial charge in [-0.25, -0.2) is 4.98 Å². The molecular formula is C19H12N. The van der Waals surface area contributed by atoms with Crippen molar-refractivity contribution >= 4 is 21.7 Å². The Hall–Kier alpha value is -2.67. The summed E-state index contributed by atoms with van der Waals surface area (Å²) in [7, 11) is 0. The summed E-state index contributed by atoms with van der Waals surface area (Å²) < 4.78 is 0. The Morgan fingerprint density at radius 2 is 1.45 bits per heavy atom. The van der Waals surface area contributed by atoms with Gasteiger partial charge in [0.25, 0.3) is 0 Å². The summed E-state index contributed by atoms with van der Waals surface area (Å²) in [6.07, 6.45) is 3.17. The summed E-state index contributed by atoms with van der Waals surface area (Å²) in [5, 5.41) is 3.63. The standard InChI is InChI=1S/C19H12N/c1-3-9-17-14(6-1)8-5-10-18(17)16-12-15-7-2-4-11-19(15)20-13-16/h1-12H. The highest BCUT2D eigenvalue weighted by molar-refractivity contribution is 5.97. The monoisotopic (exact) mass is 254 g/mol. The fraction of sp³-hybridized carbons (Fsp3) is 0. The average Bonchev–Trinajstić information content (AvgIpc) is 2.54. The normalized spacial score (nSPS) is 11.0. The van der Waals surface area contributed by atoms with E-state index in [9.17, 15) is 0 Å². The molecule has 0 saturated carbocycles. The minimum Gasteiger partial charge on any atom is -0.245 e. The molecule has 0 bridgehead atoms. The van der Waals surface area contributed by atoms with Crippen molar-refractivity contribution in [3.05, 3.63) is 79.0 Å². The van der Waals surface area contributed by atoms with Gasteiger partial charge in [-0.1, -0.05) is 60.7 Å². The van der Waals surface area contributed by atoms with E-state index in [2.05, 4.69) is 65.8 Å². The maximum atomic E-state index is 4.44. The van der Waals surface area contributed by atoms with Gasteiger partial charge in [0.2, 0.25) is 0 Å². The molecule has 3 aromatic carbocycles. The first-order valence-electron chi connectivity index (χ1n) is 6.67. The predicted octanol–water partition coefficient (Wildman–Crippen LogP) is 4.86. The molecule has 1 aromatic heterocycles. The number of para-hydroxylation sites is 1. The number of pyridine rings is 1. The van der Waals surface area contributed by atoms with Gasteiger partial charge in [-0.15, -0.1) is 0 Å². The molecule has 0 fully saturated rings. The molecule has 1 heteroatoms. The van der Waals surface area contributed by atoms with Crippen LogP contribution in [0.1, 0.15) is 0 Å². The number of fused-ring (bicyclic) bond motifs is 2. The number of hydrogen-bond acceptors (Lipinski definition) is 1. The lowest BCUT2D eigenvalue weighted by Crippen LogP contribution is -1.85. The molecule has 20 heavy (non-hydrogen) atoms. The van der Waals surface area contributed by atoms with Gasteiger partial charge in [0.05, 0.1) is 11.7 Å². The third-order valence-corrected chi connectivity index (χ3v) is 3.61. The second kappa shape index (κ2) is 4.46. The quantitative estimate of drug-likeness (QED) is 0.473. The molecule has 0 unspecified atom stereocenters. The molecule has 1 heterocycles. The van der Waals surface area contributed by atoms with Crippen LogP contribution in [-0.4, -0.2) is 4.98 Å². The summed E-state index contributed by atoms with van der Waals surface area (Å²) in [6, 6.07) is 25.1. The van der Waals surface area contributed by atoms with Crippen LogP contribution in [-0.2, 0) is 0 Å². The molecule has 0 N–H and O–H groups in total. The second-order valence-corrected chi connectivity index (χ2v) is 4.87. The zero-order valence-corrected chi connectivity index (χ0v) is 10.9. The van der Waals surface area contributed by atoms with E-state index >= 15 is 0 Å². The van der Waals surface area contributed by atoms with Crippen LogP contribution < -0.4 is 0 Å². The van der Waals surface area contributed by atoms with Crippen LogP contribution in [0.4, 0.5) is 0 Å².